The van der Waals surface area contributed by atoms with E-state index in [-0.39, 0.29) is 6.61 Å². The molecule has 2 rings (SSSR count). The molecule has 2 aromatic rings. The predicted molar refractivity (Wildman–Crippen MR) is 109 cm³/mol. The summed E-state index contributed by atoms with van der Waals surface area (Å²) in [6.45, 7) is 4.23. The van der Waals surface area contributed by atoms with Crippen molar-refractivity contribution in [3.05, 3.63) is 59.7 Å². The molecule has 6 heteroatoms. The number of benzene rings is 2. The van der Waals surface area contributed by atoms with Crippen LogP contribution in [0.3, 0.4) is 0 Å². The minimum Gasteiger partial charge on any atom is -0.493 e. The Balaban J connectivity index is 1.85. The summed E-state index contributed by atoms with van der Waals surface area (Å²) in [5.74, 6) is 0.229. The molecule has 0 bridgehead atoms. The number of aryl methyl sites for hydroxylation is 1. The molecule has 1 N–H and O–H groups in total. The van der Waals surface area contributed by atoms with Crippen LogP contribution in [0.2, 0.25) is 0 Å². The second-order valence-electron chi connectivity index (χ2n) is 6.11. The highest BCUT2D eigenvalue weighted by atomic mass is 16.5. The van der Waals surface area contributed by atoms with Crippen LogP contribution >= 0.6 is 0 Å². The standard InChI is InChI=1S/C22H25NO5/c1-4-13-27-19-11-7-17(14-20(19)26-3)8-12-22(25)28-15-21(24)23-18-9-5-16(2)6-10-18/h5-12,14H,4,13,15H2,1-3H3,(H,23,24)/b12-8+. The van der Waals surface area contributed by atoms with Gasteiger partial charge in [-0.25, -0.2) is 4.79 Å². The van der Waals surface area contributed by atoms with E-state index in [1.54, 1.807) is 43.5 Å². The first-order chi connectivity index (χ1) is 13.5. The zero-order chi connectivity index (χ0) is 20.4. The number of hydrogen-bond acceptors (Lipinski definition) is 5. The Labute approximate surface area is 165 Å². The van der Waals surface area contributed by atoms with Crippen molar-refractivity contribution in [2.75, 3.05) is 25.6 Å². The average Bonchev–Trinajstić information content (AvgIpc) is 2.71. The smallest absolute Gasteiger partial charge is 0.331 e. The Morgan fingerprint density at radius 1 is 1.07 bits per heavy atom. The maximum Gasteiger partial charge on any atom is 0.331 e. The number of hydrogen-bond donors (Lipinski definition) is 1. The van der Waals surface area contributed by atoms with Crippen LogP contribution in [0.15, 0.2) is 48.5 Å². The predicted octanol–water partition coefficient (Wildman–Crippen LogP) is 3.99. The number of esters is 1. The van der Waals surface area contributed by atoms with Gasteiger partial charge in [-0.3, -0.25) is 4.79 Å². The van der Waals surface area contributed by atoms with E-state index in [1.807, 2.05) is 26.0 Å². The molecule has 0 spiro atoms. The van der Waals surface area contributed by atoms with Gasteiger partial charge in [-0.2, -0.15) is 0 Å². The fourth-order valence-corrected chi connectivity index (χ4v) is 2.30. The summed E-state index contributed by atoms with van der Waals surface area (Å²) in [4.78, 5) is 23.7. The summed E-state index contributed by atoms with van der Waals surface area (Å²) in [5, 5.41) is 2.67. The molecule has 148 valence electrons. The summed E-state index contributed by atoms with van der Waals surface area (Å²) in [5.41, 5.74) is 2.50. The van der Waals surface area contributed by atoms with Gasteiger partial charge in [-0.1, -0.05) is 30.7 Å². The minimum atomic E-state index is -0.607. The minimum absolute atomic E-state index is 0.357. The maximum absolute atomic E-state index is 11.8. The van der Waals surface area contributed by atoms with Crippen molar-refractivity contribution < 1.29 is 23.8 Å². The lowest BCUT2D eigenvalue weighted by Crippen LogP contribution is -2.20. The second-order valence-corrected chi connectivity index (χ2v) is 6.11. The van der Waals surface area contributed by atoms with Gasteiger partial charge in [0.15, 0.2) is 18.1 Å². The lowest BCUT2D eigenvalue weighted by atomic mass is 10.2. The Morgan fingerprint density at radius 3 is 2.50 bits per heavy atom. The van der Waals surface area contributed by atoms with E-state index in [4.69, 9.17) is 14.2 Å². The van der Waals surface area contributed by atoms with E-state index in [2.05, 4.69) is 5.32 Å². The van der Waals surface area contributed by atoms with E-state index in [0.717, 1.165) is 17.5 Å². The van der Waals surface area contributed by atoms with Gasteiger partial charge in [0.1, 0.15) is 0 Å². The van der Waals surface area contributed by atoms with Crippen LogP contribution in [0, 0.1) is 6.92 Å². The molecule has 2 aromatic carbocycles. The van der Waals surface area contributed by atoms with Crippen LogP contribution in [-0.2, 0) is 14.3 Å². The zero-order valence-corrected chi connectivity index (χ0v) is 16.4. The van der Waals surface area contributed by atoms with Crippen LogP contribution < -0.4 is 14.8 Å². The first-order valence-electron chi connectivity index (χ1n) is 9.04. The zero-order valence-electron chi connectivity index (χ0n) is 16.4. The Hall–Kier alpha value is -3.28. The average molecular weight is 383 g/mol. The molecule has 0 aliphatic heterocycles. The third-order valence-electron chi connectivity index (χ3n) is 3.74. The number of anilines is 1. The van der Waals surface area contributed by atoms with Crippen molar-refractivity contribution in [3.63, 3.8) is 0 Å². The van der Waals surface area contributed by atoms with Gasteiger partial charge in [0.05, 0.1) is 13.7 Å². The molecule has 0 saturated heterocycles. The van der Waals surface area contributed by atoms with Crippen molar-refractivity contribution >= 4 is 23.6 Å². The normalized spacial score (nSPS) is 10.5. The van der Waals surface area contributed by atoms with E-state index >= 15 is 0 Å². The number of rotatable bonds is 9. The topological polar surface area (TPSA) is 73.9 Å². The molecule has 0 saturated carbocycles. The molecule has 0 atom stereocenters. The molecule has 0 fully saturated rings. The third kappa shape index (κ3) is 6.79. The fraction of sp³-hybridized carbons (Fsp3) is 0.273. The molecule has 1 amide bonds. The van der Waals surface area contributed by atoms with Crippen LogP contribution in [0.4, 0.5) is 5.69 Å². The number of carbonyl (C=O) groups is 2. The van der Waals surface area contributed by atoms with Gasteiger partial charge >= 0.3 is 5.97 Å². The number of carbonyl (C=O) groups excluding carboxylic acids is 2. The molecule has 6 nitrogen and oxygen atoms in total. The van der Waals surface area contributed by atoms with Crippen molar-refractivity contribution in [2.45, 2.75) is 20.3 Å². The number of amides is 1. The molecule has 28 heavy (non-hydrogen) atoms. The summed E-state index contributed by atoms with van der Waals surface area (Å²) in [7, 11) is 1.56. The summed E-state index contributed by atoms with van der Waals surface area (Å²) in [6, 6.07) is 12.7. The highest BCUT2D eigenvalue weighted by Crippen LogP contribution is 2.28. The molecule has 0 heterocycles. The first kappa shape index (κ1) is 21.0. The molecule has 0 unspecified atom stereocenters. The quantitative estimate of drug-likeness (QED) is 0.524. The molecule has 0 aliphatic rings. The fourth-order valence-electron chi connectivity index (χ4n) is 2.30. The van der Waals surface area contributed by atoms with E-state index in [1.165, 1.54) is 6.08 Å². The van der Waals surface area contributed by atoms with E-state index in [9.17, 15) is 9.59 Å². The molecule has 0 radical (unpaired) electrons. The van der Waals surface area contributed by atoms with Crippen LogP contribution in [0.5, 0.6) is 11.5 Å². The van der Waals surface area contributed by atoms with Gasteiger partial charge in [-0.05, 0) is 49.2 Å². The van der Waals surface area contributed by atoms with Gasteiger partial charge < -0.3 is 19.5 Å². The number of ether oxygens (including phenoxy) is 3. The molecule has 0 aliphatic carbocycles. The first-order valence-corrected chi connectivity index (χ1v) is 9.04. The monoisotopic (exact) mass is 383 g/mol. The summed E-state index contributed by atoms with van der Waals surface area (Å²) >= 11 is 0. The van der Waals surface area contributed by atoms with Crippen LogP contribution in [0.1, 0.15) is 24.5 Å². The molecular weight excluding hydrogens is 358 g/mol. The lowest BCUT2D eigenvalue weighted by molar-refractivity contribution is -0.142. The van der Waals surface area contributed by atoms with Crippen molar-refractivity contribution in [1.29, 1.82) is 0 Å². The molecule has 0 aromatic heterocycles. The Morgan fingerprint density at radius 2 is 1.82 bits per heavy atom. The van der Waals surface area contributed by atoms with Crippen LogP contribution in [0.25, 0.3) is 6.08 Å². The second kappa shape index (κ2) is 10.8. The van der Waals surface area contributed by atoms with Gasteiger partial charge in [0, 0.05) is 11.8 Å². The van der Waals surface area contributed by atoms with E-state index < -0.39 is 11.9 Å². The molecular formula is C22H25NO5. The number of nitrogens with one attached hydrogen (secondary N) is 1. The summed E-state index contributed by atoms with van der Waals surface area (Å²) < 4.78 is 15.9. The van der Waals surface area contributed by atoms with Crippen molar-refractivity contribution in [1.82, 2.24) is 0 Å². The van der Waals surface area contributed by atoms with Gasteiger partial charge in [0.2, 0.25) is 0 Å². The van der Waals surface area contributed by atoms with Gasteiger partial charge in [-0.15, -0.1) is 0 Å². The van der Waals surface area contributed by atoms with Crippen molar-refractivity contribution in [2.24, 2.45) is 0 Å². The SMILES string of the molecule is CCCOc1ccc(/C=C/C(=O)OCC(=O)Nc2ccc(C)cc2)cc1OC. The maximum atomic E-state index is 11.8. The van der Waals surface area contributed by atoms with Crippen LogP contribution in [-0.4, -0.2) is 32.2 Å². The summed E-state index contributed by atoms with van der Waals surface area (Å²) in [6.07, 6.45) is 3.75. The van der Waals surface area contributed by atoms with Gasteiger partial charge in [0.25, 0.3) is 5.91 Å². The van der Waals surface area contributed by atoms with E-state index in [0.29, 0.717) is 23.8 Å². The Kier molecular flexibility index (Phi) is 8.09. The third-order valence-corrected chi connectivity index (χ3v) is 3.74. The number of methoxy groups -OCH3 is 1. The Bertz CT molecular complexity index is 827. The highest BCUT2D eigenvalue weighted by Gasteiger charge is 2.07. The largest absolute Gasteiger partial charge is 0.493 e. The highest BCUT2D eigenvalue weighted by molar-refractivity contribution is 5.94. The van der Waals surface area contributed by atoms with Crippen molar-refractivity contribution in [3.8, 4) is 11.5 Å². The lowest BCUT2D eigenvalue weighted by Gasteiger charge is -2.10.